The fourth-order valence-electron chi connectivity index (χ4n) is 2.31. The van der Waals surface area contributed by atoms with E-state index < -0.39 is 11.7 Å². The molecular formula is C20H18F3NO2. The molecule has 136 valence electrons. The van der Waals surface area contributed by atoms with E-state index >= 15 is 0 Å². The summed E-state index contributed by atoms with van der Waals surface area (Å²) in [6, 6.07) is 12.2. The van der Waals surface area contributed by atoms with Crippen LogP contribution in [0.15, 0.2) is 48.5 Å². The number of aryl methyl sites for hydroxylation is 1. The summed E-state index contributed by atoms with van der Waals surface area (Å²) in [7, 11) is 1.57. The minimum Gasteiger partial charge on any atom is -0.496 e. The number of ether oxygens (including phenoxy) is 1. The molecule has 0 saturated carbocycles. The van der Waals surface area contributed by atoms with Crippen LogP contribution in [0.1, 0.15) is 23.1 Å². The molecule has 0 radical (unpaired) electrons. The van der Waals surface area contributed by atoms with Crippen LogP contribution in [0.3, 0.4) is 0 Å². The third kappa shape index (κ3) is 5.85. The van der Waals surface area contributed by atoms with Crippen LogP contribution in [0.4, 0.5) is 13.2 Å². The van der Waals surface area contributed by atoms with Crippen LogP contribution in [-0.4, -0.2) is 19.6 Å². The molecule has 0 spiro atoms. The van der Waals surface area contributed by atoms with E-state index in [1.165, 1.54) is 12.1 Å². The fourth-order valence-corrected chi connectivity index (χ4v) is 2.31. The molecule has 0 aliphatic rings. The van der Waals surface area contributed by atoms with Crippen molar-refractivity contribution in [2.24, 2.45) is 0 Å². The molecule has 0 heterocycles. The Morgan fingerprint density at radius 2 is 1.92 bits per heavy atom. The maximum absolute atomic E-state index is 12.6. The van der Waals surface area contributed by atoms with Crippen LogP contribution in [0, 0.1) is 11.8 Å². The van der Waals surface area contributed by atoms with Crippen LogP contribution < -0.4 is 10.1 Å². The molecule has 0 atom stereocenters. The zero-order chi connectivity index (χ0) is 19.0. The lowest BCUT2D eigenvalue weighted by atomic mass is 10.1. The Kier molecular flexibility index (Phi) is 6.67. The van der Waals surface area contributed by atoms with Crippen molar-refractivity contribution >= 4 is 5.91 Å². The average Bonchev–Trinajstić information content (AvgIpc) is 2.63. The Morgan fingerprint density at radius 1 is 1.15 bits per heavy atom. The zero-order valence-corrected chi connectivity index (χ0v) is 14.2. The summed E-state index contributed by atoms with van der Waals surface area (Å²) in [6.07, 6.45) is -3.60. The third-order valence-electron chi connectivity index (χ3n) is 3.61. The van der Waals surface area contributed by atoms with Gasteiger partial charge in [-0.3, -0.25) is 4.79 Å². The maximum Gasteiger partial charge on any atom is 0.416 e. The molecule has 2 rings (SSSR count). The number of benzene rings is 2. The fraction of sp³-hybridized carbons (Fsp3) is 0.250. The molecule has 2 aromatic rings. The van der Waals surface area contributed by atoms with E-state index in [0.717, 1.165) is 23.4 Å². The minimum absolute atomic E-state index is 0.0704. The van der Waals surface area contributed by atoms with Gasteiger partial charge in [-0.25, -0.2) is 0 Å². The Hall–Kier alpha value is -2.94. The van der Waals surface area contributed by atoms with Gasteiger partial charge in [0.1, 0.15) is 5.75 Å². The SMILES string of the molecule is COc1ccccc1CCC(=O)NCC#Cc1cccc(C(F)(F)F)c1. The quantitative estimate of drug-likeness (QED) is 0.823. The summed E-state index contributed by atoms with van der Waals surface area (Å²) in [6.45, 7) is 0.0704. The summed E-state index contributed by atoms with van der Waals surface area (Å²) in [4.78, 5) is 11.8. The molecule has 0 aliphatic heterocycles. The van der Waals surface area contributed by atoms with Crippen molar-refractivity contribution < 1.29 is 22.7 Å². The van der Waals surface area contributed by atoms with Gasteiger partial charge in [-0.2, -0.15) is 13.2 Å². The lowest BCUT2D eigenvalue weighted by Crippen LogP contribution is -2.23. The third-order valence-corrected chi connectivity index (χ3v) is 3.61. The van der Waals surface area contributed by atoms with Gasteiger partial charge >= 0.3 is 6.18 Å². The Labute approximate surface area is 150 Å². The highest BCUT2D eigenvalue weighted by atomic mass is 19.4. The molecule has 26 heavy (non-hydrogen) atoms. The number of hydrogen-bond acceptors (Lipinski definition) is 2. The first kappa shape index (κ1) is 19.4. The highest BCUT2D eigenvalue weighted by Crippen LogP contribution is 2.29. The smallest absolute Gasteiger partial charge is 0.416 e. The monoisotopic (exact) mass is 361 g/mol. The van der Waals surface area contributed by atoms with E-state index in [9.17, 15) is 18.0 Å². The number of halogens is 3. The van der Waals surface area contributed by atoms with Gasteiger partial charge < -0.3 is 10.1 Å². The summed E-state index contributed by atoms with van der Waals surface area (Å²) >= 11 is 0. The first-order valence-corrected chi connectivity index (χ1v) is 7.95. The number of carbonyl (C=O) groups excluding carboxylic acids is 1. The first-order chi connectivity index (χ1) is 12.4. The van der Waals surface area contributed by atoms with Gasteiger partial charge in [0, 0.05) is 12.0 Å². The number of para-hydroxylation sites is 1. The van der Waals surface area contributed by atoms with Gasteiger partial charge in [-0.15, -0.1) is 0 Å². The summed E-state index contributed by atoms with van der Waals surface area (Å²) in [5.74, 6) is 5.82. The molecule has 0 bridgehead atoms. The van der Waals surface area contributed by atoms with E-state index in [1.54, 1.807) is 7.11 Å². The maximum atomic E-state index is 12.6. The van der Waals surface area contributed by atoms with Crippen LogP contribution in [-0.2, 0) is 17.4 Å². The molecule has 0 aliphatic carbocycles. The first-order valence-electron chi connectivity index (χ1n) is 7.95. The predicted molar refractivity (Wildman–Crippen MR) is 92.6 cm³/mol. The molecular weight excluding hydrogens is 343 g/mol. The Morgan fingerprint density at radius 3 is 2.65 bits per heavy atom. The van der Waals surface area contributed by atoms with E-state index in [-0.39, 0.29) is 24.4 Å². The average molecular weight is 361 g/mol. The van der Waals surface area contributed by atoms with E-state index in [4.69, 9.17) is 4.74 Å². The van der Waals surface area contributed by atoms with Crippen molar-refractivity contribution in [1.82, 2.24) is 5.32 Å². The number of nitrogens with one attached hydrogen (secondary N) is 1. The molecule has 6 heteroatoms. The number of hydrogen-bond donors (Lipinski definition) is 1. The van der Waals surface area contributed by atoms with Crippen molar-refractivity contribution in [3.63, 3.8) is 0 Å². The van der Waals surface area contributed by atoms with Crippen molar-refractivity contribution in [1.29, 1.82) is 0 Å². The highest BCUT2D eigenvalue weighted by molar-refractivity contribution is 5.76. The molecule has 2 aromatic carbocycles. The second-order valence-electron chi connectivity index (χ2n) is 5.47. The number of amides is 1. The van der Waals surface area contributed by atoms with E-state index in [1.807, 2.05) is 24.3 Å². The van der Waals surface area contributed by atoms with Crippen molar-refractivity contribution in [2.45, 2.75) is 19.0 Å². The van der Waals surface area contributed by atoms with Gasteiger partial charge in [0.25, 0.3) is 0 Å². The topological polar surface area (TPSA) is 38.3 Å². The summed E-state index contributed by atoms with van der Waals surface area (Å²) < 4.78 is 43.1. The van der Waals surface area contributed by atoms with Gasteiger partial charge in [0.2, 0.25) is 5.91 Å². The van der Waals surface area contributed by atoms with E-state index in [0.29, 0.717) is 6.42 Å². The molecule has 0 saturated heterocycles. The zero-order valence-electron chi connectivity index (χ0n) is 14.2. The van der Waals surface area contributed by atoms with Gasteiger partial charge in [0.05, 0.1) is 19.2 Å². The van der Waals surface area contributed by atoms with Gasteiger partial charge in [-0.1, -0.05) is 36.1 Å². The number of carbonyl (C=O) groups is 1. The van der Waals surface area contributed by atoms with Crippen molar-refractivity contribution in [3.05, 3.63) is 65.2 Å². The normalized spacial score (nSPS) is 10.6. The molecule has 0 fully saturated rings. The second-order valence-corrected chi connectivity index (χ2v) is 5.47. The highest BCUT2D eigenvalue weighted by Gasteiger charge is 2.30. The number of alkyl halides is 3. The molecule has 0 aromatic heterocycles. The van der Waals surface area contributed by atoms with Crippen LogP contribution in [0.2, 0.25) is 0 Å². The van der Waals surface area contributed by atoms with Crippen LogP contribution >= 0.6 is 0 Å². The second kappa shape index (κ2) is 8.95. The molecule has 1 N–H and O–H groups in total. The van der Waals surface area contributed by atoms with E-state index in [2.05, 4.69) is 17.2 Å². The van der Waals surface area contributed by atoms with Gasteiger partial charge in [-0.05, 0) is 36.2 Å². The molecule has 1 amide bonds. The lowest BCUT2D eigenvalue weighted by molar-refractivity contribution is -0.137. The van der Waals surface area contributed by atoms with Gasteiger partial charge in [0.15, 0.2) is 0 Å². The number of rotatable bonds is 5. The summed E-state index contributed by atoms with van der Waals surface area (Å²) in [5.41, 5.74) is 0.438. The number of methoxy groups -OCH3 is 1. The van der Waals surface area contributed by atoms with Crippen LogP contribution in [0.25, 0.3) is 0 Å². The lowest BCUT2D eigenvalue weighted by Gasteiger charge is -2.07. The largest absolute Gasteiger partial charge is 0.496 e. The van der Waals surface area contributed by atoms with Crippen molar-refractivity contribution in [3.8, 4) is 17.6 Å². The minimum atomic E-state index is -4.40. The Balaban J connectivity index is 1.83. The molecule has 3 nitrogen and oxygen atoms in total. The standard InChI is InChI=1S/C20H18F3NO2/c1-26-18-10-3-2-8-16(18)11-12-19(25)24-13-5-7-15-6-4-9-17(14-15)20(21,22)23/h2-4,6,8-10,14H,11-13H2,1H3,(H,24,25). The predicted octanol–water partition coefficient (Wildman–Crippen LogP) is 3.81. The summed E-state index contributed by atoms with van der Waals surface area (Å²) in [5, 5.41) is 2.63. The van der Waals surface area contributed by atoms with Crippen LogP contribution in [0.5, 0.6) is 5.75 Å². The van der Waals surface area contributed by atoms with Crippen molar-refractivity contribution in [2.75, 3.05) is 13.7 Å². The Bertz CT molecular complexity index is 820. The molecule has 0 unspecified atom stereocenters.